The number of hydrogen-bond donors (Lipinski definition) is 1. The summed E-state index contributed by atoms with van der Waals surface area (Å²) < 4.78 is 5.69. The summed E-state index contributed by atoms with van der Waals surface area (Å²) in [7, 11) is 0. The van der Waals surface area contributed by atoms with Crippen LogP contribution in [0.1, 0.15) is 25.3 Å². The van der Waals surface area contributed by atoms with E-state index in [0.29, 0.717) is 22.5 Å². The topological polar surface area (TPSA) is 59.2 Å². The standard InChI is InChI=1S/C9H9ClN2O2S/c1-2-5(13)8-11-9(14-12-8)6-3-4-7(10)15-6/h3-5,13H,2H2,1H3. The first-order valence-electron chi connectivity index (χ1n) is 4.48. The molecule has 2 aromatic heterocycles. The van der Waals surface area contributed by atoms with Crippen molar-refractivity contribution in [3.8, 4) is 10.8 Å². The van der Waals surface area contributed by atoms with Crippen LogP contribution in [0.3, 0.4) is 0 Å². The molecular weight excluding hydrogens is 236 g/mol. The number of aromatic nitrogens is 2. The van der Waals surface area contributed by atoms with Crippen LogP contribution in [-0.2, 0) is 0 Å². The number of nitrogens with zero attached hydrogens (tertiary/aromatic N) is 2. The third-order valence-corrected chi connectivity index (χ3v) is 3.13. The third-order valence-electron chi connectivity index (χ3n) is 1.91. The molecule has 1 N–H and O–H groups in total. The maximum atomic E-state index is 9.49. The molecule has 4 nitrogen and oxygen atoms in total. The molecule has 0 saturated heterocycles. The van der Waals surface area contributed by atoms with Gasteiger partial charge in [0.1, 0.15) is 6.10 Å². The Balaban J connectivity index is 2.27. The van der Waals surface area contributed by atoms with Crippen LogP contribution in [0.25, 0.3) is 10.8 Å². The van der Waals surface area contributed by atoms with Gasteiger partial charge in [-0.15, -0.1) is 11.3 Å². The van der Waals surface area contributed by atoms with Gasteiger partial charge in [-0.2, -0.15) is 4.98 Å². The molecule has 0 amide bonds. The summed E-state index contributed by atoms with van der Waals surface area (Å²) in [4.78, 5) is 4.90. The van der Waals surface area contributed by atoms with Gasteiger partial charge >= 0.3 is 0 Å². The summed E-state index contributed by atoms with van der Waals surface area (Å²) in [6, 6.07) is 3.57. The zero-order valence-corrected chi connectivity index (χ0v) is 9.55. The first-order chi connectivity index (χ1) is 7.20. The minimum absolute atomic E-state index is 0.317. The fraction of sp³-hybridized carbons (Fsp3) is 0.333. The van der Waals surface area contributed by atoms with E-state index in [2.05, 4.69) is 10.1 Å². The molecule has 2 heterocycles. The Hall–Kier alpha value is -0.910. The predicted octanol–water partition coefficient (Wildman–Crippen LogP) is 2.89. The SMILES string of the molecule is CCC(O)c1noc(-c2ccc(Cl)s2)n1. The lowest BCUT2D eigenvalue weighted by Crippen LogP contribution is -1.97. The number of hydrogen-bond acceptors (Lipinski definition) is 5. The van der Waals surface area contributed by atoms with E-state index in [1.54, 1.807) is 6.07 Å². The van der Waals surface area contributed by atoms with Gasteiger partial charge in [0.25, 0.3) is 5.89 Å². The van der Waals surface area contributed by atoms with E-state index in [-0.39, 0.29) is 0 Å². The van der Waals surface area contributed by atoms with Gasteiger partial charge in [-0.05, 0) is 18.6 Å². The van der Waals surface area contributed by atoms with Gasteiger partial charge in [-0.1, -0.05) is 23.7 Å². The molecule has 6 heteroatoms. The molecule has 0 fully saturated rings. The summed E-state index contributed by atoms with van der Waals surface area (Å²) in [6.07, 6.45) is -0.109. The molecule has 0 aliphatic rings. The zero-order valence-electron chi connectivity index (χ0n) is 7.98. The maximum Gasteiger partial charge on any atom is 0.268 e. The summed E-state index contributed by atoms with van der Waals surface area (Å²) in [5, 5.41) is 13.2. The average Bonchev–Trinajstić information content (AvgIpc) is 2.84. The molecule has 80 valence electrons. The smallest absolute Gasteiger partial charge is 0.268 e. The van der Waals surface area contributed by atoms with Crippen molar-refractivity contribution in [1.82, 2.24) is 10.1 Å². The lowest BCUT2D eigenvalue weighted by molar-refractivity contribution is 0.159. The van der Waals surface area contributed by atoms with Gasteiger partial charge in [-0.25, -0.2) is 0 Å². The largest absolute Gasteiger partial charge is 0.385 e. The first-order valence-corrected chi connectivity index (χ1v) is 5.67. The Labute approximate surface area is 95.5 Å². The van der Waals surface area contributed by atoms with Crippen molar-refractivity contribution in [2.75, 3.05) is 0 Å². The summed E-state index contributed by atoms with van der Waals surface area (Å²) in [5.74, 6) is 0.714. The third kappa shape index (κ3) is 2.19. The van der Waals surface area contributed by atoms with Crippen molar-refractivity contribution in [3.63, 3.8) is 0 Å². The summed E-state index contributed by atoms with van der Waals surface area (Å²) in [6.45, 7) is 1.85. The van der Waals surface area contributed by atoms with Gasteiger partial charge in [0, 0.05) is 0 Å². The molecule has 2 rings (SSSR count). The number of aliphatic hydroxyl groups excluding tert-OH is 1. The highest BCUT2D eigenvalue weighted by Gasteiger charge is 2.15. The molecule has 0 radical (unpaired) electrons. The lowest BCUT2D eigenvalue weighted by Gasteiger charge is -1.97. The van der Waals surface area contributed by atoms with E-state index < -0.39 is 6.10 Å². The van der Waals surface area contributed by atoms with E-state index in [9.17, 15) is 5.11 Å². The molecule has 0 saturated carbocycles. The Morgan fingerprint density at radius 2 is 2.40 bits per heavy atom. The Morgan fingerprint density at radius 3 is 3.00 bits per heavy atom. The number of aliphatic hydroxyl groups is 1. The first kappa shape index (κ1) is 10.6. The zero-order chi connectivity index (χ0) is 10.8. The molecule has 0 spiro atoms. The highest BCUT2D eigenvalue weighted by molar-refractivity contribution is 7.19. The van der Waals surface area contributed by atoms with Gasteiger partial charge < -0.3 is 9.63 Å². The molecule has 1 atom stereocenters. The van der Waals surface area contributed by atoms with Crippen molar-refractivity contribution >= 4 is 22.9 Å². The monoisotopic (exact) mass is 244 g/mol. The molecule has 0 aliphatic heterocycles. The minimum atomic E-state index is -0.669. The molecule has 0 bridgehead atoms. The molecule has 0 aromatic carbocycles. The van der Waals surface area contributed by atoms with Gasteiger partial charge in [0.05, 0.1) is 9.21 Å². The summed E-state index contributed by atoms with van der Waals surface area (Å²) >= 11 is 7.15. The van der Waals surface area contributed by atoms with Crippen LogP contribution < -0.4 is 0 Å². The van der Waals surface area contributed by atoms with Gasteiger partial charge in [0.2, 0.25) is 5.82 Å². The fourth-order valence-corrected chi connectivity index (χ4v) is 2.05. The highest BCUT2D eigenvalue weighted by atomic mass is 35.5. The Morgan fingerprint density at radius 1 is 1.60 bits per heavy atom. The molecule has 1 unspecified atom stereocenters. The number of rotatable bonds is 3. The van der Waals surface area contributed by atoms with E-state index in [1.165, 1.54) is 11.3 Å². The van der Waals surface area contributed by atoms with Crippen molar-refractivity contribution < 1.29 is 9.63 Å². The van der Waals surface area contributed by atoms with Crippen LogP contribution in [0.15, 0.2) is 16.7 Å². The van der Waals surface area contributed by atoms with E-state index in [0.717, 1.165) is 4.88 Å². The van der Waals surface area contributed by atoms with E-state index >= 15 is 0 Å². The highest BCUT2D eigenvalue weighted by Crippen LogP contribution is 2.30. The van der Waals surface area contributed by atoms with Crippen molar-refractivity contribution in [2.45, 2.75) is 19.4 Å². The molecule has 2 aromatic rings. The Kier molecular flexibility index (Phi) is 3.04. The summed E-state index contributed by atoms with van der Waals surface area (Å²) in [5.41, 5.74) is 0. The van der Waals surface area contributed by atoms with Crippen molar-refractivity contribution in [2.24, 2.45) is 0 Å². The van der Waals surface area contributed by atoms with Gasteiger partial charge in [0.15, 0.2) is 0 Å². The van der Waals surface area contributed by atoms with Crippen LogP contribution in [-0.4, -0.2) is 15.2 Å². The van der Waals surface area contributed by atoms with Crippen LogP contribution in [0.4, 0.5) is 0 Å². The number of halogens is 1. The Bertz CT molecular complexity index is 454. The second-order valence-electron chi connectivity index (χ2n) is 2.99. The fourth-order valence-electron chi connectivity index (χ4n) is 1.08. The lowest BCUT2D eigenvalue weighted by atomic mass is 10.3. The normalized spacial score (nSPS) is 13.0. The minimum Gasteiger partial charge on any atom is -0.385 e. The predicted molar refractivity (Wildman–Crippen MR) is 57.9 cm³/mol. The van der Waals surface area contributed by atoms with Crippen molar-refractivity contribution in [1.29, 1.82) is 0 Å². The molecular formula is C9H9ClN2O2S. The number of thiophene rings is 1. The maximum absolute atomic E-state index is 9.49. The van der Waals surface area contributed by atoms with E-state index in [4.69, 9.17) is 16.1 Å². The molecule has 0 aliphatic carbocycles. The van der Waals surface area contributed by atoms with Crippen LogP contribution in [0.2, 0.25) is 4.34 Å². The quantitative estimate of drug-likeness (QED) is 0.902. The van der Waals surface area contributed by atoms with Crippen LogP contribution in [0, 0.1) is 0 Å². The molecule has 15 heavy (non-hydrogen) atoms. The average molecular weight is 245 g/mol. The second kappa shape index (κ2) is 4.30. The van der Waals surface area contributed by atoms with Gasteiger partial charge in [-0.3, -0.25) is 0 Å². The van der Waals surface area contributed by atoms with Crippen LogP contribution in [0.5, 0.6) is 0 Å². The van der Waals surface area contributed by atoms with Crippen molar-refractivity contribution in [3.05, 3.63) is 22.3 Å². The second-order valence-corrected chi connectivity index (χ2v) is 4.70. The van der Waals surface area contributed by atoms with E-state index in [1.807, 2.05) is 13.0 Å². The van der Waals surface area contributed by atoms with Crippen LogP contribution >= 0.6 is 22.9 Å².